The number of aryl methyl sites for hydroxylation is 3. The largest absolute Gasteiger partial charge is 0.493 e. The summed E-state index contributed by atoms with van der Waals surface area (Å²) in [6.45, 7) is 9.42. The second kappa shape index (κ2) is 8.86. The maximum Gasteiger partial charge on any atom is 0.127 e. The van der Waals surface area contributed by atoms with E-state index >= 15 is 0 Å². The van der Waals surface area contributed by atoms with Crippen molar-refractivity contribution in [2.45, 2.75) is 46.5 Å². The quantitative estimate of drug-likeness (QED) is 0.621. The Bertz CT molecular complexity index is 825. The van der Waals surface area contributed by atoms with Crippen LogP contribution in [0.3, 0.4) is 0 Å². The lowest BCUT2D eigenvalue weighted by Gasteiger charge is -2.14. The highest BCUT2D eigenvalue weighted by Crippen LogP contribution is 2.37. The topological polar surface area (TPSA) is 40.7 Å². The van der Waals surface area contributed by atoms with Crippen LogP contribution in [0, 0.1) is 13.8 Å². The smallest absolute Gasteiger partial charge is 0.127 e. The predicted octanol–water partition coefficient (Wildman–Crippen LogP) is 6.06. The maximum absolute atomic E-state index is 6.01. The van der Waals surface area contributed by atoms with E-state index in [0.29, 0.717) is 5.92 Å². The summed E-state index contributed by atoms with van der Waals surface area (Å²) in [5.74, 6) is 1.35. The molecule has 2 N–H and O–H groups in total. The van der Waals surface area contributed by atoms with Crippen LogP contribution in [0.25, 0.3) is 5.57 Å². The summed E-state index contributed by atoms with van der Waals surface area (Å²) in [6, 6.07) is 13.3. The summed E-state index contributed by atoms with van der Waals surface area (Å²) in [7, 11) is 0. The second-order valence-electron chi connectivity index (χ2n) is 6.91. The van der Waals surface area contributed by atoms with Crippen molar-refractivity contribution in [1.29, 1.82) is 0 Å². The van der Waals surface area contributed by atoms with Gasteiger partial charge in [0.1, 0.15) is 5.75 Å². The summed E-state index contributed by atoms with van der Waals surface area (Å²) in [6.07, 6.45) is 9.02. The normalized spacial score (nSPS) is 15.5. The number of hydrogen-bond acceptors (Lipinski definition) is 1. The lowest BCUT2D eigenvalue weighted by Crippen LogP contribution is -1.99. The molecule has 0 aromatic heterocycles. The number of ether oxygens (including phenoxy) is 1. The number of hydrogen-bond donors (Lipinski definition) is 0. The van der Waals surface area contributed by atoms with Crippen LogP contribution in [0.4, 0.5) is 0 Å². The number of rotatable bonds is 6. The van der Waals surface area contributed by atoms with E-state index in [-0.39, 0.29) is 8.33 Å². The fourth-order valence-electron chi connectivity index (χ4n) is 3.43. The van der Waals surface area contributed by atoms with E-state index in [2.05, 4.69) is 82.3 Å². The monoisotopic (exact) mass is 354 g/mol. The van der Waals surface area contributed by atoms with Crippen LogP contribution in [0.15, 0.2) is 54.6 Å². The zero-order chi connectivity index (χ0) is 17.8. The molecule has 3 rings (SSSR count). The molecule has 0 radical (unpaired) electrons. The van der Waals surface area contributed by atoms with Crippen LogP contribution >= 0.6 is 0 Å². The maximum atomic E-state index is 6.01. The molecule has 1 aliphatic carbocycles. The van der Waals surface area contributed by atoms with E-state index in [1.807, 2.05) is 0 Å². The lowest BCUT2D eigenvalue weighted by molar-refractivity contribution is 0.316. The molecule has 0 fully saturated rings. The molecule has 2 heteroatoms. The summed E-state index contributed by atoms with van der Waals surface area (Å²) in [5.41, 5.74) is 7.88. The van der Waals surface area contributed by atoms with Crippen LogP contribution in [0.5, 0.6) is 5.75 Å². The minimum Gasteiger partial charge on any atom is -0.493 e. The molecule has 1 atom stereocenters. The van der Waals surface area contributed by atoms with Crippen molar-refractivity contribution in [3.63, 3.8) is 0 Å². The Morgan fingerprint density at radius 3 is 2.46 bits per heavy atom. The Morgan fingerprint density at radius 1 is 1.00 bits per heavy atom. The first-order chi connectivity index (χ1) is 12.1. The van der Waals surface area contributed by atoms with E-state index in [1.54, 1.807) is 0 Å². The van der Waals surface area contributed by atoms with E-state index in [4.69, 9.17) is 4.74 Å². The Morgan fingerprint density at radius 2 is 1.73 bits per heavy atom. The van der Waals surface area contributed by atoms with Crippen molar-refractivity contribution in [1.82, 2.24) is 0 Å². The highest BCUT2D eigenvalue weighted by atomic mass is 16.5. The molecule has 2 nitrogen and oxygen atoms in total. The van der Waals surface area contributed by atoms with Crippen molar-refractivity contribution < 1.29 is 13.1 Å². The van der Waals surface area contributed by atoms with Gasteiger partial charge in [-0.1, -0.05) is 68.0 Å². The Hall–Kier alpha value is -2.32. The Labute approximate surface area is 160 Å². The summed E-state index contributed by atoms with van der Waals surface area (Å²) in [5, 5.41) is 0. The van der Waals surface area contributed by atoms with Crippen LogP contribution < -0.4 is 4.74 Å². The molecule has 0 saturated heterocycles. The van der Waals surface area contributed by atoms with Gasteiger partial charge in [-0.2, -0.15) is 0 Å². The Balaban J connectivity index is 0.00000243. The third-order valence-electron chi connectivity index (χ3n) is 4.79. The SMILES string of the molecule is CCCOc1cc(C)ccc1C1=CC(c2cc(C)ccc2CC)C=C1.O.[HH].[HH]. The molecular formula is C24H34O2. The van der Waals surface area contributed by atoms with Crippen molar-refractivity contribution in [3.05, 3.63) is 82.4 Å². The van der Waals surface area contributed by atoms with Gasteiger partial charge in [0.2, 0.25) is 0 Å². The molecule has 26 heavy (non-hydrogen) atoms. The molecule has 0 bridgehead atoms. The van der Waals surface area contributed by atoms with Crippen LogP contribution in [0.1, 0.15) is 56.9 Å². The summed E-state index contributed by atoms with van der Waals surface area (Å²) in [4.78, 5) is 0. The molecule has 2 aromatic rings. The van der Waals surface area contributed by atoms with Crippen LogP contribution in [-0.4, -0.2) is 12.1 Å². The van der Waals surface area contributed by atoms with E-state index < -0.39 is 0 Å². The van der Waals surface area contributed by atoms with Crippen molar-refractivity contribution >= 4 is 5.57 Å². The zero-order valence-corrected chi connectivity index (χ0v) is 16.3. The molecule has 2 aromatic carbocycles. The highest BCUT2D eigenvalue weighted by molar-refractivity contribution is 5.81. The average Bonchev–Trinajstić information content (AvgIpc) is 3.09. The third-order valence-corrected chi connectivity index (χ3v) is 4.79. The van der Waals surface area contributed by atoms with Gasteiger partial charge in [-0.3, -0.25) is 0 Å². The highest BCUT2D eigenvalue weighted by Gasteiger charge is 2.18. The minimum absolute atomic E-state index is 0. The Kier molecular flexibility index (Phi) is 6.82. The molecule has 0 spiro atoms. The van der Waals surface area contributed by atoms with Gasteiger partial charge in [-0.15, -0.1) is 0 Å². The van der Waals surface area contributed by atoms with E-state index in [9.17, 15) is 0 Å². The molecule has 0 amide bonds. The van der Waals surface area contributed by atoms with Crippen molar-refractivity contribution in [2.75, 3.05) is 6.61 Å². The fraction of sp³-hybridized carbons (Fsp3) is 0.333. The van der Waals surface area contributed by atoms with Crippen molar-refractivity contribution in [2.24, 2.45) is 0 Å². The van der Waals surface area contributed by atoms with Gasteiger partial charge < -0.3 is 10.2 Å². The van der Waals surface area contributed by atoms with Crippen LogP contribution in [0.2, 0.25) is 0 Å². The van der Waals surface area contributed by atoms with Gasteiger partial charge in [0.05, 0.1) is 6.61 Å². The van der Waals surface area contributed by atoms with Gasteiger partial charge in [-0.05, 0) is 55.0 Å². The van der Waals surface area contributed by atoms with Crippen LogP contribution in [-0.2, 0) is 6.42 Å². The van der Waals surface area contributed by atoms with Gasteiger partial charge in [0.15, 0.2) is 0 Å². The first-order valence-corrected chi connectivity index (χ1v) is 9.35. The van der Waals surface area contributed by atoms with Gasteiger partial charge in [-0.25, -0.2) is 0 Å². The molecule has 1 unspecified atom stereocenters. The summed E-state index contributed by atoms with van der Waals surface area (Å²) >= 11 is 0. The average molecular weight is 355 g/mol. The third kappa shape index (κ3) is 4.25. The van der Waals surface area contributed by atoms with Gasteiger partial charge in [0, 0.05) is 14.3 Å². The fourth-order valence-corrected chi connectivity index (χ4v) is 3.43. The van der Waals surface area contributed by atoms with Gasteiger partial charge >= 0.3 is 0 Å². The molecule has 142 valence electrons. The predicted molar refractivity (Wildman–Crippen MR) is 115 cm³/mol. The minimum atomic E-state index is 0. The molecule has 0 heterocycles. The summed E-state index contributed by atoms with van der Waals surface area (Å²) < 4.78 is 6.01. The second-order valence-corrected chi connectivity index (χ2v) is 6.91. The van der Waals surface area contributed by atoms with E-state index in [1.165, 1.54) is 33.4 Å². The number of benzene rings is 2. The van der Waals surface area contributed by atoms with Gasteiger partial charge in [0.25, 0.3) is 0 Å². The molecule has 0 aliphatic heterocycles. The number of allylic oxidation sites excluding steroid dienone is 4. The van der Waals surface area contributed by atoms with Crippen molar-refractivity contribution in [3.8, 4) is 5.75 Å². The lowest BCUT2D eigenvalue weighted by atomic mass is 9.92. The molecule has 1 aliphatic rings. The first-order valence-electron chi connectivity index (χ1n) is 9.35. The first kappa shape index (κ1) is 20.0. The van der Waals surface area contributed by atoms with E-state index in [0.717, 1.165) is 25.2 Å². The zero-order valence-electron chi connectivity index (χ0n) is 16.3. The molecular weight excluding hydrogens is 320 g/mol. The standard InChI is InChI=1S/C24H28O.H2O.2H2/c1-5-13-25-24-15-18(4)8-12-22(24)20-10-11-21(16-20)23-14-17(3)7-9-19(23)6-2;;;/h7-12,14-16,21H,5-6,13H2,1-4H3;1H2;2*1H. The molecule has 0 saturated carbocycles.